The molecule has 15 heavy (non-hydrogen) atoms. The van der Waals surface area contributed by atoms with Gasteiger partial charge in [-0.1, -0.05) is 0 Å². The molecule has 4 nitrogen and oxygen atoms in total. The van der Waals surface area contributed by atoms with Crippen molar-refractivity contribution in [1.29, 1.82) is 0 Å². The van der Waals surface area contributed by atoms with Crippen LogP contribution in [0.3, 0.4) is 0 Å². The Morgan fingerprint density at radius 2 is 1.87 bits per heavy atom. The Balaban J connectivity index is 3.41. The van der Waals surface area contributed by atoms with Crippen molar-refractivity contribution in [2.45, 2.75) is 32.3 Å². The molecule has 0 saturated carbocycles. The molecular formula is C9H19ClO4S. The second kappa shape index (κ2) is 6.68. The van der Waals surface area contributed by atoms with E-state index in [1.807, 2.05) is 13.8 Å². The predicted molar refractivity (Wildman–Crippen MR) is 60.8 cm³/mol. The highest BCUT2D eigenvalue weighted by molar-refractivity contribution is 8.13. The predicted octanol–water partition coefficient (Wildman–Crippen LogP) is 1.78. The van der Waals surface area contributed by atoms with E-state index in [2.05, 4.69) is 0 Å². The zero-order valence-electron chi connectivity index (χ0n) is 9.45. The average molecular weight is 259 g/mol. The standard InChI is InChI=1S/C9H19ClO4S/c1-9(2,13-3)8-14-6-4-5-7-15(10,11)12/h4-8H2,1-3H3. The molecule has 0 aromatic heterocycles. The van der Waals surface area contributed by atoms with Gasteiger partial charge in [-0.15, -0.1) is 0 Å². The molecule has 0 heterocycles. The van der Waals surface area contributed by atoms with E-state index in [9.17, 15) is 8.42 Å². The molecule has 0 aliphatic heterocycles. The number of rotatable bonds is 8. The lowest BCUT2D eigenvalue weighted by Crippen LogP contribution is -2.29. The van der Waals surface area contributed by atoms with Gasteiger partial charge in [0.1, 0.15) is 0 Å². The van der Waals surface area contributed by atoms with Crippen molar-refractivity contribution < 1.29 is 17.9 Å². The monoisotopic (exact) mass is 258 g/mol. The molecule has 0 saturated heterocycles. The van der Waals surface area contributed by atoms with Crippen molar-refractivity contribution in [2.24, 2.45) is 0 Å². The van der Waals surface area contributed by atoms with Gasteiger partial charge in [-0.2, -0.15) is 0 Å². The average Bonchev–Trinajstić information content (AvgIpc) is 2.09. The normalized spacial score (nSPS) is 13.1. The van der Waals surface area contributed by atoms with Gasteiger partial charge >= 0.3 is 0 Å². The van der Waals surface area contributed by atoms with Gasteiger partial charge in [0.15, 0.2) is 0 Å². The molecule has 0 aliphatic carbocycles. The Morgan fingerprint density at radius 3 is 2.33 bits per heavy atom. The summed E-state index contributed by atoms with van der Waals surface area (Å²) >= 11 is 0. The van der Waals surface area contributed by atoms with Crippen LogP contribution >= 0.6 is 10.7 Å². The van der Waals surface area contributed by atoms with Crippen molar-refractivity contribution in [2.75, 3.05) is 26.1 Å². The fraction of sp³-hybridized carbons (Fsp3) is 1.00. The van der Waals surface area contributed by atoms with E-state index in [0.717, 1.165) is 0 Å². The third-order valence-corrected chi connectivity index (χ3v) is 3.17. The maximum Gasteiger partial charge on any atom is 0.232 e. The molecule has 6 heteroatoms. The maximum atomic E-state index is 10.6. The summed E-state index contributed by atoms with van der Waals surface area (Å²) in [6.45, 7) is 4.88. The fourth-order valence-corrected chi connectivity index (χ4v) is 1.73. The summed E-state index contributed by atoms with van der Waals surface area (Å²) in [5.41, 5.74) is -0.293. The van der Waals surface area contributed by atoms with Crippen molar-refractivity contribution in [1.82, 2.24) is 0 Å². The number of ether oxygens (including phenoxy) is 2. The van der Waals surface area contributed by atoms with Crippen molar-refractivity contribution in [3.63, 3.8) is 0 Å². The molecule has 0 aromatic rings. The van der Waals surface area contributed by atoms with E-state index in [0.29, 0.717) is 26.1 Å². The van der Waals surface area contributed by atoms with E-state index in [1.54, 1.807) is 7.11 Å². The Kier molecular flexibility index (Phi) is 6.75. The summed E-state index contributed by atoms with van der Waals surface area (Å²) in [6, 6.07) is 0. The van der Waals surface area contributed by atoms with Crippen molar-refractivity contribution >= 4 is 19.7 Å². The molecule has 0 spiro atoms. The number of methoxy groups -OCH3 is 1. The SMILES string of the molecule is COC(C)(C)COCCCCS(=O)(=O)Cl. The van der Waals surface area contributed by atoms with Gasteiger partial charge in [0.25, 0.3) is 0 Å². The molecule has 0 radical (unpaired) electrons. The van der Waals surface area contributed by atoms with Gasteiger partial charge in [0.05, 0.1) is 18.0 Å². The van der Waals surface area contributed by atoms with Gasteiger partial charge in [0, 0.05) is 24.4 Å². The van der Waals surface area contributed by atoms with Gasteiger partial charge in [-0.3, -0.25) is 0 Å². The number of halogens is 1. The van der Waals surface area contributed by atoms with Crippen LogP contribution in [-0.2, 0) is 18.5 Å². The van der Waals surface area contributed by atoms with Crippen molar-refractivity contribution in [3.05, 3.63) is 0 Å². The highest BCUT2D eigenvalue weighted by Gasteiger charge is 2.15. The van der Waals surface area contributed by atoms with Crippen LogP contribution in [0.2, 0.25) is 0 Å². The summed E-state index contributed by atoms with van der Waals surface area (Å²) in [5.74, 6) is 0.00554. The quantitative estimate of drug-likeness (QED) is 0.492. The summed E-state index contributed by atoms with van der Waals surface area (Å²) < 4.78 is 31.6. The molecule has 0 fully saturated rings. The van der Waals surface area contributed by atoms with Crippen LogP contribution in [0.5, 0.6) is 0 Å². The molecule has 92 valence electrons. The van der Waals surface area contributed by atoms with Crippen LogP contribution in [0.25, 0.3) is 0 Å². The second-order valence-corrected chi connectivity index (χ2v) is 6.86. The van der Waals surface area contributed by atoms with Gasteiger partial charge in [-0.05, 0) is 26.7 Å². The fourth-order valence-electron chi connectivity index (χ4n) is 0.855. The van der Waals surface area contributed by atoms with Crippen LogP contribution in [-0.4, -0.2) is 40.1 Å². The Morgan fingerprint density at radius 1 is 1.27 bits per heavy atom. The van der Waals surface area contributed by atoms with E-state index < -0.39 is 9.05 Å². The molecule has 0 aromatic carbocycles. The Labute approximate surface area is 96.3 Å². The highest BCUT2D eigenvalue weighted by atomic mass is 35.7. The first-order valence-electron chi connectivity index (χ1n) is 4.82. The first kappa shape index (κ1) is 15.2. The Bertz CT molecular complexity index is 261. The third-order valence-electron chi connectivity index (χ3n) is 1.93. The lowest BCUT2D eigenvalue weighted by Gasteiger charge is -2.22. The lowest BCUT2D eigenvalue weighted by molar-refractivity contribution is -0.0510. The Hall–Kier alpha value is 0.160. The number of unbranched alkanes of at least 4 members (excludes halogenated alkanes) is 1. The lowest BCUT2D eigenvalue weighted by atomic mass is 10.1. The van der Waals surface area contributed by atoms with Gasteiger partial charge in [0.2, 0.25) is 9.05 Å². The number of hydrogen-bond acceptors (Lipinski definition) is 4. The summed E-state index contributed by atoms with van der Waals surface area (Å²) in [5, 5.41) is 0. The third kappa shape index (κ3) is 10.4. The van der Waals surface area contributed by atoms with E-state index >= 15 is 0 Å². The summed E-state index contributed by atoms with van der Waals surface area (Å²) in [6.07, 6.45) is 1.21. The molecule has 0 unspecified atom stereocenters. The zero-order valence-corrected chi connectivity index (χ0v) is 11.0. The molecule has 0 amide bonds. The first-order chi connectivity index (χ1) is 6.77. The maximum absolute atomic E-state index is 10.6. The van der Waals surface area contributed by atoms with E-state index in [4.69, 9.17) is 20.2 Å². The summed E-state index contributed by atoms with van der Waals surface area (Å²) in [4.78, 5) is 0. The van der Waals surface area contributed by atoms with Crippen LogP contribution < -0.4 is 0 Å². The topological polar surface area (TPSA) is 52.6 Å². The van der Waals surface area contributed by atoms with Crippen LogP contribution in [0, 0.1) is 0 Å². The smallest absolute Gasteiger partial charge is 0.232 e. The molecule has 0 rings (SSSR count). The zero-order chi connectivity index (χ0) is 11.9. The minimum atomic E-state index is -3.35. The van der Waals surface area contributed by atoms with E-state index in [1.165, 1.54) is 0 Å². The minimum absolute atomic E-state index is 0.00554. The molecule has 0 N–H and O–H groups in total. The second-order valence-electron chi connectivity index (χ2n) is 3.97. The highest BCUT2D eigenvalue weighted by Crippen LogP contribution is 2.08. The molecule has 0 bridgehead atoms. The minimum Gasteiger partial charge on any atom is -0.378 e. The molecule has 0 aliphatic rings. The number of hydrogen-bond donors (Lipinski definition) is 0. The largest absolute Gasteiger partial charge is 0.378 e. The van der Waals surface area contributed by atoms with E-state index in [-0.39, 0.29) is 11.4 Å². The van der Waals surface area contributed by atoms with Crippen LogP contribution in [0.1, 0.15) is 26.7 Å². The molecular weight excluding hydrogens is 240 g/mol. The summed E-state index contributed by atoms with van der Waals surface area (Å²) in [7, 11) is 3.33. The molecule has 0 atom stereocenters. The van der Waals surface area contributed by atoms with Crippen molar-refractivity contribution in [3.8, 4) is 0 Å². The first-order valence-corrected chi connectivity index (χ1v) is 7.30. The van der Waals surface area contributed by atoms with Crippen LogP contribution in [0.4, 0.5) is 0 Å². The van der Waals surface area contributed by atoms with Gasteiger partial charge < -0.3 is 9.47 Å². The van der Waals surface area contributed by atoms with Gasteiger partial charge in [-0.25, -0.2) is 8.42 Å². The van der Waals surface area contributed by atoms with Crippen LogP contribution in [0.15, 0.2) is 0 Å².